The fourth-order valence-corrected chi connectivity index (χ4v) is 2.34. The lowest BCUT2D eigenvalue weighted by atomic mass is 10.3. The van der Waals surface area contributed by atoms with E-state index in [9.17, 15) is 0 Å². The molecule has 1 aromatic rings. The highest BCUT2D eigenvalue weighted by Crippen LogP contribution is 1.95. The minimum absolute atomic E-state index is 0.756. The molecule has 0 bridgehead atoms. The van der Waals surface area contributed by atoms with Crippen LogP contribution in [-0.4, -0.2) is 52.5 Å². The number of rotatable bonds is 10. The van der Waals surface area contributed by atoms with Crippen LogP contribution >= 0.6 is 12.2 Å². The summed E-state index contributed by atoms with van der Waals surface area (Å²) in [4.78, 5) is 2.42. The molecular formula is C15H29N5S. The molecule has 0 radical (unpaired) electrons. The van der Waals surface area contributed by atoms with Crippen molar-refractivity contribution in [1.29, 1.82) is 0 Å². The predicted molar refractivity (Wildman–Crippen MR) is 92.6 cm³/mol. The van der Waals surface area contributed by atoms with Gasteiger partial charge in [-0.05, 0) is 57.2 Å². The molecule has 0 atom stereocenters. The van der Waals surface area contributed by atoms with Gasteiger partial charge in [0, 0.05) is 25.8 Å². The molecule has 5 nitrogen and oxygen atoms in total. The summed E-state index contributed by atoms with van der Waals surface area (Å²) in [6.45, 7) is 12.5. The molecule has 0 unspecified atom stereocenters. The maximum absolute atomic E-state index is 5.27. The number of aryl methyl sites for hydroxylation is 2. The van der Waals surface area contributed by atoms with Crippen molar-refractivity contribution in [3.63, 3.8) is 0 Å². The van der Waals surface area contributed by atoms with Gasteiger partial charge in [0.25, 0.3) is 0 Å². The highest BCUT2D eigenvalue weighted by atomic mass is 32.1. The fraction of sp³-hybridized carbons (Fsp3) is 0.733. The first kappa shape index (κ1) is 17.9. The van der Waals surface area contributed by atoms with E-state index in [1.807, 2.05) is 10.9 Å². The SMILES string of the molecule is CCN(CC)CCCNC(=S)NCCCn1cc(C)cn1. The maximum atomic E-state index is 5.27. The Morgan fingerprint density at radius 1 is 1.24 bits per heavy atom. The zero-order chi connectivity index (χ0) is 15.5. The summed E-state index contributed by atoms with van der Waals surface area (Å²) in [6, 6.07) is 0. The van der Waals surface area contributed by atoms with Crippen molar-refractivity contribution in [2.75, 3.05) is 32.7 Å². The average Bonchev–Trinajstić information content (AvgIpc) is 2.89. The lowest BCUT2D eigenvalue weighted by Crippen LogP contribution is -2.37. The van der Waals surface area contributed by atoms with Gasteiger partial charge in [0.2, 0.25) is 0 Å². The molecule has 21 heavy (non-hydrogen) atoms. The van der Waals surface area contributed by atoms with E-state index >= 15 is 0 Å². The van der Waals surface area contributed by atoms with Gasteiger partial charge >= 0.3 is 0 Å². The molecule has 0 saturated heterocycles. The van der Waals surface area contributed by atoms with Crippen LogP contribution in [0.5, 0.6) is 0 Å². The van der Waals surface area contributed by atoms with Crippen molar-refractivity contribution in [2.45, 2.75) is 40.2 Å². The number of hydrogen-bond donors (Lipinski definition) is 2. The van der Waals surface area contributed by atoms with Gasteiger partial charge in [0.1, 0.15) is 0 Å². The first-order chi connectivity index (χ1) is 10.2. The van der Waals surface area contributed by atoms with Gasteiger partial charge in [0.05, 0.1) is 6.20 Å². The quantitative estimate of drug-likeness (QED) is 0.509. The molecule has 1 rings (SSSR count). The second-order valence-corrected chi connectivity index (χ2v) is 5.61. The van der Waals surface area contributed by atoms with E-state index in [0.29, 0.717) is 0 Å². The van der Waals surface area contributed by atoms with Crippen molar-refractivity contribution in [2.24, 2.45) is 0 Å². The van der Waals surface area contributed by atoms with Crippen molar-refractivity contribution in [1.82, 2.24) is 25.3 Å². The van der Waals surface area contributed by atoms with Crippen molar-refractivity contribution >= 4 is 17.3 Å². The molecule has 0 saturated carbocycles. The molecule has 120 valence electrons. The molecule has 1 heterocycles. The molecule has 2 N–H and O–H groups in total. The monoisotopic (exact) mass is 311 g/mol. The number of thiocarbonyl (C=S) groups is 1. The van der Waals surface area contributed by atoms with Gasteiger partial charge in [0.15, 0.2) is 5.11 Å². The topological polar surface area (TPSA) is 45.1 Å². The Labute approximate surface area is 134 Å². The maximum Gasteiger partial charge on any atom is 0.166 e. The Balaban J connectivity index is 1.98. The Kier molecular flexibility index (Phi) is 9.01. The minimum atomic E-state index is 0.756. The van der Waals surface area contributed by atoms with Crippen molar-refractivity contribution in [3.8, 4) is 0 Å². The Morgan fingerprint density at radius 2 is 1.90 bits per heavy atom. The minimum Gasteiger partial charge on any atom is -0.363 e. The molecule has 0 aliphatic heterocycles. The van der Waals surface area contributed by atoms with Gasteiger partial charge in [-0.2, -0.15) is 5.10 Å². The van der Waals surface area contributed by atoms with Gasteiger partial charge in [-0.1, -0.05) is 13.8 Å². The highest BCUT2D eigenvalue weighted by Gasteiger charge is 1.99. The third-order valence-electron chi connectivity index (χ3n) is 3.44. The summed E-state index contributed by atoms with van der Waals surface area (Å²) in [5.41, 5.74) is 1.20. The third kappa shape index (κ3) is 8.02. The van der Waals surface area contributed by atoms with Crippen LogP contribution in [0.1, 0.15) is 32.3 Å². The van der Waals surface area contributed by atoms with E-state index < -0.39 is 0 Å². The number of nitrogens with one attached hydrogen (secondary N) is 2. The van der Waals surface area contributed by atoms with E-state index in [-0.39, 0.29) is 0 Å². The fourth-order valence-electron chi connectivity index (χ4n) is 2.14. The van der Waals surface area contributed by atoms with Crippen LogP contribution in [0, 0.1) is 6.92 Å². The smallest absolute Gasteiger partial charge is 0.166 e. The predicted octanol–water partition coefficient (Wildman–Crippen LogP) is 1.78. The summed E-state index contributed by atoms with van der Waals surface area (Å²) >= 11 is 5.27. The van der Waals surface area contributed by atoms with Gasteiger partial charge in [-0.25, -0.2) is 0 Å². The molecule has 0 aliphatic rings. The first-order valence-corrected chi connectivity index (χ1v) is 8.29. The molecule has 0 amide bonds. The lowest BCUT2D eigenvalue weighted by molar-refractivity contribution is 0.300. The van der Waals surface area contributed by atoms with Crippen molar-refractivity contribution in [3.05, 3.63) is 18.0 Å². The van der Waals surface area contributed by atoms with E-state index in [2.05, 4.69) is 47.6 Å². The Hall–Kier alpha value is -1.14. The molecular weight excluding hydrogens is 282 g/mol. The molecule has 6 heteroatoms. The summed E-state index contributed by atoms with van der Waals surface area (Å²) in [7, 11) is 0. The zero-order valence-corrected chi connectivity index (χ0v) is 14.4. The first-order valence-electron chi connectivity index (χ1n) is 7.88. The van der Waals surface area contributed by atoms with Crippen LogP contribution < -0.4 is 10.6 Å². The summed E-state index contributed by atoms with van der Waals surface area (Å²) in [5.74, 6) is 0. The highest BCUT2D eigenvalue weighted by molar-refractivity contribution is 7.80. The average molecular weight is 311 g/mol. The standard InChI is InChI=1S/C15H29N5S/c1-4-19(5-2)10-6-8-16-15(21)17-9-7-11-20-13-14(3)12-18-20/h12-13H,4-11H2,1-3H3,(H2,16,17,21). The van der Waals surface area contributed by atoms with E-state index in [1.165, 1.54) is 5.56 Å². The second kappa shape index (κ2) is 10.6. The molecule has 0 aliphatic carbocycles. The van der Waals surface area contributed by atoms with E-state index in [1.54, 1.807) is 0 Å². The van der Waals surface area contributed by atoms with Gasteiger partial charge < -0.3 is 15.5 Å². The van der Waals surface area contributed by atoms with E-state index in [0.717, 1.165) is 57.2 Å². The van der Waals surface area contributed by atoms with Crippen LogP contribution in [0.3, 0.4) is 0 Å². The van der Waals surface area contributed by atoms with Crippen molar-refractivity contribution < 1.29 is 0 Å². The number of hydrogen-bond acceptors (Lipinski definition) is 3. The summed E-state index contributed by atoms with van der Waals surface area (Å²) < 4.78 is 1.97. The lowest BCUT2D eigenvalue weighted by Gasteiger charge is -2.18. The third-order valence-corrected chi connectivity index (χ3v) is 3.73. The van der Waals surface area contributed by atoms with Crippen LogP contribution in [0.25, 0.3) is 0 Å². The summed E-state index contributed by atoms with van der Waals surface area (Å²) in [6.07, 6.45) is 6.08. The Bertz CT molecular complexity index is 401. The largest absolute Gasteiger partial charge is 0.363 e. The van der Waals surface area contributed by atoms with Crippen LogP contribution in [0.2, 0.25) is 0 Å². The zero-order valence-electron chi connectivity index (χ0n) is 13.6. The number of nitrogens with zero attached hydrogens (tertiary/aromatic N) is 3. The molecule has 1 aromatic heterocycles. The van der Waals surface area contributed by atoms with Crippen LogP contribution in [-0.2, 0) is 6.54 Å². The summed E-state index contributed by atoms with van der Waals surface area (Å²) in [5, 5.41) is 11.5. The number of aromatic nitrogens is 2. The Morgan fingerprint density at radius 3 is 2.48 bits per heavy atom. The second-order valence-electron chi connectivity index (χ2n) is 5.20. The van der Waals surface area contributed by atoms with E-state index in [4.69, 9.17) is 12.2 Å². The molecule has 0 fully saturated rings. The van der Waals surface area contributed by atoms with Crippen LogP contribution in [0.15, 0.2) is 12.4 Å². The van der Waals surface area contributed by atoms with Gasteiger partial charge in [-0.3, -0.25) is 4.68 Å². The molecule has 0 spiro atoms. The molecule has 0 aromatic carbocycles. The van der Waals surface area contributed by atoms with Crippen LogP contribution in [0.4, 0.5) is 0 Å². The normalized spacial score (nSPS) is 10.9. The van der Waals surface area contributed by atoms with Gasteiger partial charge in [-0.15, -0.1) is 0 Å².